The number of H-pyrrole nitrogens is 1. The first-order chi connectivity index (χ1) is 12.4. The molecule has 136 valence electrons. The van der Waals surface area contributed by atoms with Gasteiger partial charge in [0.25, 0.3) is 11.5 Å². The van der Waals surface area contributed by atoms with E-state index in [-0.39, 0.29) is 24.3 Å². The summed E-state index contributed by atoms with van der Waals surface area (Å²) in [6.07, 6.45) is 0.0146. The number of aryl methyl sites for hydroxylation is 1. The predicted molar refractivity (Wildman–Crippen MR) is 91.6 cm³/mol. The number of fused-ring (bicyclic) bond motifs is 1. The second-order valence-electron chi connectivity index (χ2n) is 5.96. The van der Waals surface area contributed by atoms with Crippen molar-refractivity contribution in [3.8, 4) is 17.2 Å². The first kappa shape index (κ1) is 17.5. The van der Waals surface area contributed by atoms with Crippen molar-refractivity contribution in [2.45, 2.75) is 19.3 Å². The van der Waals surface area contributed by atoms with Gasteiger partial charge >= 0.3 is 5.97 Å². The smallest absolute Gasteiger partial charge is 0.312 e. The van der Waals surface area contributed by atoms with E-state index in [9.17, 15) is 14.4 Å². The van der Waals surface area contributed by atoms with Gasteiger partial charge in [0.05, 0.1) is 19.1 Å². The summed E-state index contributed by atoms with van der Waals surface area (Å²) in [6.45, 7) is 1.39. The quantitative estimate of drug-likeness (QED) is 0.769. The number of aromatic nitrogens is 1. The summed E-state index contributed by atoms with van der Waals surface area (Å²) in [5.74, 6) is -0.599. The van der Waals surface area contributed by atoms with Gasteiger partial charge in [-0.3, -0.25) is 14.4 Å². The van der Waals surface area contributed by atoms with Crippen molar-refractivity contribution in [2.75, 3.05) is 13.7 Å². The summed E-state index contributed by atoms with van der Waals surface area (Å²) in [7, 11) is 1.47. The molecule has 0 saturated carbocycles. The Balaban J connectivity index is 2.07. The average Bonchev–Trinajstić information content (AvgIpc) is 2.58. The van der Waals surface area contributed by atoms with Crippen LogP contribution in [-0.2, 0) is 9.59 Å². The van der Waals surface area contributed by atoms with Gasteiger partial charge in [0, 0.05) is 17.7 Å². The number of pyridine rings is 1. The average molecular weight is 358 g/mol. The zero-order valence-corrected chi connectivity index (χ0v) is 14.3. The molecule has 8 heteroatoms. The van der Waals surface area contributed by atoms with Gasteiger partial charge in [-0.15, -0.1) is 0 Å². The SMILES string of the molecule is COc1ccc([C@H]2CC(=O)Oc3cc(C)[nH]c(=O)c32)cc1OCC(N)=O. The van der Waals surface area contributed by atoms with E-state index in [1.807, 2.05) is 0 Å². The monoisotopic (exact) mass is 358 g/mol. The lowest BCUT2D eigenvalue weighted by atomic mass is 9.87. The fourth-order valence-corrected chi connectivity index (χ4v) is 2.97. The third-order valence-corrected chi connectivity index (χ3v) is 4.07. The van der Waals surface area contributed by atoms with Gasteiger partial charge in [0.15, 0.2) is 18.1 Å². The molecule has 0 aliphatic carbocycles. The van der Waals surface area contributed by atoms with Gasteiger partial charge in [-0.1, -0.05) is 6.07 Å². The molecule has 2 heterocycles. The van der Waals surface area contributed by atoms with E-state index in [0.29, 0.717) is 28.3 Å². The molecule has 3 rings (SSSR count). The Morgan fingerprint density at radius 2 is 2.08 bits per heavy atom. The summed E-state index contributed by atoms with van der Waals surface area (Å²) >= 11 is 0. The van der Waals surface area contributed by atoms with Gasteiger partial charge in [-0.05, 0) is 24.6 Å². The molecule has 0 radical (unpaired) electrons. The fourth-order valence-electron chi connectivity index (χ4n) is 2.97. The minimum absolute atomic E-state index is 0.0146. The van der Waals surface area contributed by atoms with E-state index in [2.05, 4.69) is 4.98 Å². The van der Waals surface area contributed by atoms with Crippen LogP contribution in [0.4, 0.5) is 0 Å². The summed E-state index contributed by atoms with van der Waals surface area (Å²) < 4.78 is 15.8. The maximum absolute atomic E-state index is 12.4. The lowest BCUT2D eigenvalue weighted by Crippen LogP contribution is -2.28. The number of ether oxygens (including phenoxy) is 3. The van der Waals surface area contributed by atoms with E-state index in [1.165, 1.54) is 7.11 Å². The van der Waals surface area contributed by atoms with Crippen LogP contribution >= 0.6 is 0 Å². The number of rotatable bonds is 5. The van der Waals surface area contributed by atoms with Crippen LogP contribution in [0.3, 0.4) is 0 Å². The van der Waals surface area contributed by atoms with E-state index in [1.54, 1.807) is 31.2 Å². The van der Waals surface area contributed by atoms with Crippen LogP contribution in [0.1, 0.15) is 29.2 Å². The Kier molecular flexibility index (Phi) is 4.66. The Morgan fingerprint density at radius 3 is 2.77 bits per heavy atom. The number of amides is 1. The van der Waals surface area contributed by atoms with Crippen LogP contribution in [-0.4, -0.2) is 30.6 Å². The molecule has 1 aromatic heterocycles. The number of nitrogens with one attached hydrogen (secondary N) is 1. The van der Waals surface area contributed by atoms with Gasteiger partial charge in [0.1, 0.15) is 5.75 Å². The van der Waals surface area contributed by atoms with Crippen molar-refractivity contribution in [1.29, 1.82) is 0 Å². The normalized spacial score (nSPS) is 15.8. The van der Waals surface area contributed by atoms with Crippen molar-refractivity contribution in [2.24, 2.45) is 5.73 Å². The van der Waals surface area contributed by atoms with E-state index in [0.717, 1.165) is 0 Å². The molecule has 1 aliphatic rings. The van der Waals surface area contributed by atoms with Crippen LogP contribution in [0.25, 0.3) is 0 Å². The highest BCUT2D eigenvalue weighted by Gasteiger charge is 2.32. The highest BCUT2D eigenvalue weighted by atomic mass is 16.5. The van der Waals surface area contributed by atoms with Crippen molar-refractivity contribution in [1.82, 2.24) is 4.98 Å². The molecule has 1 amide bonds. The molecule has 0 fully saturated rings. The first-order valence-electron chi connectivity index (χ1n) is 7.92. The Labute approximate surface area is 148 Å². The Hall–Kier alpha value is -3.29. The standard InChI is InChI=1S/C18H18N2O6/c1-9-5-14-17(18(23)20-9)11(7-16(22)26-14)10-3-4-12(24-2)13(6-10)25-8-15(19)21/h3-6,11H,7-8H2,1-2H3,(H2,19,21)(H,20,23)/t11-/m1/s1. The van der Waals surface area contributed by atoms with Crippen molar-refractivity contribution < 1.29 is 23.8 Å². The lowest BCUT2D eigenvalue weighted by molar-refractivity contribution is -0.135. The molecule has 1 aliphatic heterocycles. The van der Waals surface area contributed by atoms with Crippen LogP contribution < -0.4 is 25.5 Å². The number of esters is 1. The second-order valence-corrected chi connectivity index (χ2v) is 5.96. The van der Waals surface area contributed by atoms with Crippen molar-refractivity contribution in [3.05, 3.63) is 51.4 Å². The summed E-state index contributed by atoms with van der Waals surface area (Å²) in [4.78, 5) is 38.2. The number of hydrogen-bond donors (Lipinski definition) is 2. The van der Waals surface area contributed by atoms with Gasteiger partial charge in [-0.2, -0.15) is 0 Å². The van der Waals surface area contributed by atoms with Crippen LogP contribution in [0.2, 0.25) is 0 Å². The minimum Gasteiger partial charge on any atom is -0.493 e. The third-order valence-electron chi connectivity index (χ3n) is 4.07. The number of nitrogens with two attached hydrogens (primary N) is 1. The molecular weight excluding hydrogens is 340 g/mol. The van der Waals surface area contributed by atoms with Crippen molar-refractivity contribution in [3.63, 3.8) is 0 Å². The molecule has 8 nitrogen and oxygen atoms in total. The van der Waals surface area contributed by atoms with Crippen molar-refractivity contribution >= 4 is 11.9 Å². The molecule has 0 saturated heterocycles. The second kappa shape index (κ2) is 6.91. The van der Waals surface area contributed by atoms with Gasteiger partial charge < -0.3 is 24.9 Å². The fraction of sp³-hybridized carbons (Fsp3) is 0.278. The zero-order chi connectivity index (χ0) is 18.8. The highest BCUT2D eigenvalue weighted by molar-refractivity contribution is 5.78. The lowest BCUT2D eigenvalue weighted by Gasteiger charge is -2.24. The van der Waals surface area contributed by atoms with Crippen LogP contribution in [0, 0.1) is 6.92 Å². The molecule has 3 N–H and O–H groups in total. The molecule has 26 heavy (non-hydrogen) atoms. The number of primary amides is 1. The topological polar surface area (TPSA) is 121 Å². The summed E-state index contributed by atoms with van der Waals surface area (Å²) in [6, 6.07) is 6.64. The Morgan fingerprint density at radius 1 is 1.31 bits per heavy atom. The number of methoxy groups -OCH3 is 1. The van der Waals surface area contributed by atoms with Crippen LogP contribution in [0.5, 0.6) is 17.2 Å². The maximum Gasteiger partial charge on any atom is 0.312 e. The zero-order valence-electron chi connectivity index (χ0n) is 14.3. The predicted octanol–water partition coefficient (Wildman–Crippen LogP) is 0.997. The molecule has 2 aromatic rings. The summed E-state index contributed by atoms with van der Waals surface area (Å²) in [5.41, 5.74) is 6.44. The van der Waals surface area contributed by atoms with Gasteiger partial charge in [-0.25, -0.2) is 0 Å². The molecule has 0 bridgehead atoms. The number of aromatic amines is 1. The van der Waals surface area contributed by atoms with E-state index < -0.39 is 17.8 Å². The number of carbonyl (C=O) groups excluding carboxylic acids is 2. The number of carbonyl (C=O) groups is 2. The molecule has 0 spiro atoms. The number of hydrogen-bond acceptors (Lipinski definition) is 6. The molecule has 0 unspecified atom stereocenters. The van der Waals surface area contributed by atoms with Gasteiger partial charge in [0.2, 0.25) is 0 Å². The number of benzene rings is 1. The van der Waals surface area contributed by atoms with E-state index in [4.69, 9.17) is 19.9 Å². The first-order valence-corrected chi connectivity index (χ1v) is 7.92. The maximum atomic E-state index is 12.4. The van der Waals surface area contributed by atoms with E-state index >= 15 is 0 Å². The highest BCUT2D eigenvalue weighted by Crippen LogP contribution is 2.39. The largest absolute Gasteiger partial charge is 0.493 e. The molecule has 1 aromatic carbocycles. The molecular formula is C18H18N2O6. The summed E-state index contributed by atoms with van der Waals surface area (Å²) in [5, 5.41) is 0. The van der Waals surface area contributed by atoms with Crippen LogP contribution in [0.15, 0.2) is 29.1 Å². The Bertz CT molecular complexity index is 934. The molecule has 1 atom stereocenters. The minimum atomic E-state index is -0.629. The third kappa shape index (κ3) is 3.39.